The molecular weight excluding hydrogens is 197 g/mol. The third-order valence-electron chi connectivity index (χ3n) is 2.08. The number of halogens is 1. The molecule has 0 aliphatic heterocycles. The van der Waals surface area contributed by atoms with Crippen molar-refractivity contribution in [1.29, 1.82) is 0 Å². The number of hydrogen-bond acceptors (Lipinski definition) is 2. The van der Waals surface area contributed by atoms with Crippen molar-refractivity contribution >= 4 is 5.97 Å². The summed E-state index contributed by atoms with van der Waals surface area (Å²) in [6, 6.07) is 5.00. The van der Waals surface area contributed by atoms with Crippen LogP contribution >= 0.6 is 0 Å². The van der Waals surface area contributed by atoms with Crippen LogP contribution in [0.5, 0.6) is 0 Å². The van der Waals surface area contributed by atoms with Crippen molar-refractivity contribution in [2.24, 2.45) is 0 Å². The molecule has 1 aromatic carbocycles. The first-order valence-electron chi connectivity index (χ1n) is 4.77. The summed E-state index contributed by atoms with van der Waals surface area (Å²) in [6.45, 7) is 2.59. The van der Waals surface area contributed by atoms with Gasteiger partial charge in [0.05, 0.1) is 6.42 Å². The number of rotatable bonds is 5. The van der Waals surface area contributed by atoms with E-state index < -0.39 is 5.97 Å². The lowest BCUT2D eigenvalue weighted by Crippen LogP contribution is -2.17. The maximum Gasteiger partial charge on any atom is 0.304 e. The molecule has 0 amide bonds. The van der Waals surface area contributed by atoms with Gasteiger partial charge in [-0.25, -0.2) is 4.39 Å². The Kier molecular flexibility index (Phi) is 4.24. The Bertz CT molecular complexity index is 352. The minimum atomic E-state index is -0.836. The Morgan fingerprint density at radius 3 is 2.87 bits per heavy atom. The first-order chi connectivity index (χ1) is 7.09. The number of carbonyl (C=O) groups is 1. The molecule has 1 rings (SSSR count). The third-order valence-corrected chi connectivity index (χ3v) is 2.08. The van der Waals surface area contributed by atoms with Gasteiger partial charge in [0.15, 0.2) is 0 Å². The molecule has 0 heterocycles. The van der Waals surface area contributed by atoms with Gasteiger partial charge in [-0.05, 0) is 24.1 Å². The summed E-state index contributed by atoms with van der Waals surface area (Å²) in [4.78, 5) is 10.2. The number of hydrogen-bond donors (Lipinski definition) is 2. The maximum absolute atomic E-state index is 13.1. The second-order valence-electron chi connectivity index (χ2n) is 3.40. The quantitative estimate of drug-likeness (QED) is 0.729. The zero-order valence-electron chi connectivity index (χ0n) is 8.59. The Balaban J connectivity index is 2.38. The van der Waals surface area contributed by atoms with Crippen LogP contribution in [-0.4, -0.2) is 17.6 Å². The van der Waals surface area contributed by atoms with Gasteiger partial charge in [-0.2, -0.15) is 0 Å². The zero-order chi connectivity index (χ0) is 11.3. The van der Waals surface area contributed by atoms with Crippen LogP contribution in [-0.2, 0) is 11.3 Å². The lowest BCUT2D eigenvalue weighted by molar-refractivity contribution is -0.136. The highest BCUT2D eigenvalue weighted by Crippen LogP contribution is 2.08. The van der Waals surface area contributed by atoms with Gasteiger partial charge in [-0.3, -0.25) is 4.79 Å². The van der Waals surface area contributed by atoms with Crippen LogP contribution in [0, 0.1) is 12.7 Å². The van der Waals surface area contributed by atoms with E-state index in [1.165, 1.54) is 6.07 Å². The van der Waals surface area contributed by atoms with Crippen LogP contribution in [0.4, 0.5) is 4.39 Å². The van der Waals surface area contributed by atoms with Crippen molar-refractivity contribution in [3.05, 3.63) is 35.1 Å². The first-order valence-corrected chi connectivity index (χ1v) is 4.77. The predicted octanol–water partition coefficient (Wildman–Crippen LogP) is 1.70. The SMILES string of the molecule is Cc1ccc(CNCCC(=O)O)cc1F. The van der Waals surface area contributed by atoms with Crippen LogP contribution in [0.1, 0.15) is 17.5 Å². The second-order valence-corrected chi connectivity index (χ2v) is 3.40. The highest BCUT2D eigenvalue weighted by atomic mass is 19.1. The topological polar surface area (TPSA) is 49.3 Å². The highest BCUT2D eigenvalue weighted by Gasteiger charge is 2.00. The summed E-state index contributed by atoms with van der Waals surface area (Å²) in [5, 5.41) is 11.3. The molecule has 0 saturated heterocycles. The Hall–Kier alpha value is -1.42. The first kappa shape index (κ1) is 11.7. The van der Waals surface area contributed by atoms with Crippen LogP contribution < -0.4 is 5.32 Å². The van der Waals surface area contributed by atoms with Crippen molar-refractivity contribution in [3.8, 4) is 0 Å². The molecule has 2 N–H and O–H groups in total. The molecule has 0 bridgehead atoms. The van der Waals surface area contributed by atoms with Crippen molar-refractivity contribution in [2.45, 2.75) is 19.9 Å². The zero-order valence-corrected chi connectivity index (χ0v) is 8.59. The molecule has 4 heteroatoms. The van der Waals surface area contributed by atoms with E-state index in [2.05, 4.69) is 5.32 Å². The van der Waals surface area contributed by atoms with Gasteiger partial charge in [0.25, 0.3) is 0 Å². The average molecular weight is 211 g/mol. The van der Waals surface area contributed by atoms with E-state index in [1.54, 1.807) is 13.0 Å². The molecule has 0 aromatic heterocycles. The van der Waals surface area contributed by atoms with Crippen LogP contribution in [0.15, 0.2) is 18.2 Å². The van der Waals surface area contributed by atoms with E-state index in [-0.39, 0.29) is 12.2 Å². The fourth-order valence-corrected chi connectivity index (χ4v) is 1.17. The van der Waals surface area contributed by atoms with Gasteiger partial charge >= 0.3 is 5.97 Å². The van der Waals surface area contributed by atoms with Gasteiger partial charge in [-0.15, -0.1) is 0 Å². The summed E-state index contributed by atoms with van der Waals surface area (Å²) < 4.78 is 13.1. The highest BCUT2D eigenvalue weighted by molar-refractivity contribution is 5.66. The minimum Gasteiger partial charge on any atom is -0.481 e. The lowest BCUT2D eigenvalue weighted by atomic mass is 10.1. The van der Waals surface area contributed by atoms with Crippen LogP contribution in [0.2, 0.25) is 0 Å². The van der Waals surface area contributed by atoms with Crippen molar-refractivity contribution < 1.29 is 14.3 Å². The normalized spacial score (nSPS) is 10.3. The fourth-order valence-electron chi connectivity index (χ4n) is 1.17. The standard InChI is InChI=1S/C11H14FNO2/c1-8-2-3-9(6-10(8)12)7-13-5-4-11(14)15/h2-3,6,13H,4-5,7H2,1H3,(H,14,15). The molecule has 15 heavy (non-hydrogen) atoms. The molecule has 0 aliphatic carbocycles. The molecule has 82 valence electrons. The van der Waals surface area contributed by atoms with Gasteiger partial charge in [0.1, 0.15) is 5.82 Å². The molecule has 1 aromatic rings. The third kappa shape index (κ3) is 4.08. The van der Waals surface area contributed by atoms with E-state index in [9.17, 15) is 9.18 Å². The predicted molar refractivity (Wildman–Crippen MR) is 55.1 cm³/mol. The molecule has 0 atom stereocenters. The van der Waals surface area contributed by atoms with Crippen molar-refractivity contribution in [1.82, 2.24) is 5.32 Å². The number of aliphatic carboxylic acids is 1. The molecule has 0 radical (unpaired) electrons. The van der Waals surface area contributed by atoms with E-state index in [0.717, 1.165) is 5.56 Å². The van der Waals surface area contributed by atoms with Crippen molar-refractivity contribution in [3.63, 3.8) is 0 Å². The summed E-state index contributed by atoms with van der Waals surface area (Å²) in [6.07, 6.45) is 0.0777. The van der Waals surface area contributed by atoms with E-state index in [4.69, 9.17) is 5.11 Å². The van der Waals surface area contributed by atoms with Gasteiger partial charge in [0.2, 0.25) is 0 Å². The van der Waals surface area contributed by atoms with Gasteiger partial charge < -0.3 is 10.4 Å². The minimum absolute atomic E-state index is 0.0777. The van der Waals surface area contributed by atoms with E-state index in [0.29, 0.717) is 18.7 Å². The second kappa shape index (κ2) is 5.46. The monoisotopic (exact) mass is 211 g/mol. The summed E-state index contributed by atoms with van der Waals surface area (Å²) in [5.74, 6) is -1.06. The number of carboxylic acids is 1. The van der Waals surface area contributed by atoms with Gasteiger partial charge in [0, 0.05) is 13.1 Å². The molecule has 0 saturated carbocycles. The van der Waals surface area contributed by atoms with Gasteiger partial charge in [-0.1, -0.05) is 12.1 Å². The summed E-state index contributed by atoms with van der Waals surface area (Å²) in [5.41, 5.74) is 1.44. The Morgan fingerprint density at radius 1 is 1.53 bits per heavy atom. The molecular formula is C11H14FNO2. The fraction of sp³-hybridized carbons (Fsp3) is 0.364. The van der Waals surface area contributed by atoms with Crippen LogP contribution in [0.3, 0.4) is 0 Å². The van der Waals surface area contributed by atoms with Crippen LogP contribution in [0.25, 0.3) is 0 Å². The van der Waals surface area contributed by atoms with E-state index in [1.807, 2.05) is 6.07 Å². The summed E-state index contributed by atoms with van der Waals surface area (Å²) >= 11 is 0. The molecule has 0 spiro atoms. The molecule has 3 nitrogen and oxygen atoms in total. The van der Waals surface area contributed by atoms with Crippen molar-refractivity contribution in [2.75, 3.05) is 6.54 Å². The largest absolute Gasteiger partial charge is 0.481 e. The summed E-state index contributed by atoms with van der Waals surface area (Å²) in [7, 11) is 0. The van der Waals surface area contributed by atoms with E-state index >= 15 is 0 Å². The lowest BCUT2D eigenvalue weighted by Gasteiger charge is -2.04. The molecule has 0 fully saturated rings. The smallest absolute Gasteiger partial charge is 0.304 e. The number of carboxylic acid groups (broad SMARTS) is 1. The molecule has 0 aliphatic rings. The number of benzene rings is 1. The Morgan fingerprint density at radius 2 is 2.27 bits per heavy atom. The Labute approximate surface area is 87.9 Å². The average Bonchev–Trinajstić information content (AvgIpc) is 2.18. The number of nitrogens with one attached hydrogen (secondary N) is 1. The number of aryl methyl sites for hydroxylation is 1. The molecule has 0 unspecified atom stereocenters. The maximum atomic E-state index is 13.1.